The van der Waals surface area contributed by atoms with Crippen molar-refractivity contribution in [3.63, 3.8) is 0 Å². The Balaban J connectivity index is 1.46. The molecule has 0 fully saturated rings. The van der Waals surface area contributed by atoms with E-state index in [4.69, 9.17) is 0 Å². The lowest BCUT2D eigenvalue weighted by atomic mass is 9.76. The van der Waals surface area contributed by atoms with Crippen molar-refractivity contribution in [1.29, 1.82) is 0 Å². The molecule has 1 nitrogen and oxygen atoms in total. The Morgan fingerprint density at radius 1 is 0.690 bits per heavy atom. The Labute approximate surface area is 253 Å². The van der Waals surface area contributed by atoms with Crippen molar-refractivity contribution in [3.8, 4) is 11.1 Å². The Kier molecular flexibility index (Phi) is 7.71. The van der Waals surface area contributed by atoms with Gasteiger partial charge in [0.2, 0.25) is 0 Å². The number of anilines is 2. The average Bonchev–Trinajstić information content (AvgIpc) is 3.02. The molecule has 4 unspecified atom stereocenters. The van der Waals surface area contributed by atoms with Crippen LogP contribution in [-0.2, 0) is 0 Å². The summed E-state index contributed by atoms with van der Waals surface area (Å²) in [5, 5.41) is 0. The summed E-state index contributed by atoms with van der Waals surface area (Å²) in [6.07, 6.45) is 13.9. The molecule has 0 radical (unpaired) electrons. The third-order valence-corrected chi connectivity index (χ3v) is 10.3. The number of fused-ring (bicyclic) bond motifs is 1. The predicted molar refractivity (Wildman–Crippen MR) is 183 cm³/mol. The number of benzene rings is 3. The minimum Gasteiger partial charge on any atom is -0.313 e. The fourth-order valence-corrected chi connectivity index (χ4v) is 7.08. The normalized spacial score (nSPS) is 23.6. The van der Waals surface area contributed by atoms with Gasteiger partial charge < -0.3 is 4.90 Å². The summed E-state index contributed by atoms with van der Waals surface area (Å²) in [5.41, 5.74) is 16.2. The van der Waals surface area contributed by atoms with Gasteiger partial charge in [-0.3, -0.25) is 0 Å². The van der Waals surface area contributed by atoms with Crippen LogP contribution in [0.1, 0.15) is 83.9 Å². The highest BCUT2D eigenvalue weighted by atomic mass is 15.2. The molecular formula is C41H45N. The van der Waals surface area contributed by atoms with E-state index >= 15 is 0 Å². The van der Waals surface area contributed by atoms with E-state index in [0.29, 0.717) is 23.7 Å². The fraction of sp³-hybridized carbons (Fsp3) is 0.317. The monoisotopic (exact) mass is 551 g/mol. The Morgan fingerprint density at radius 3 is 2.17 bits per heavy atom. The van der Waals surface area contributed by atoms with E-state index in [2.05, 4.69) is 150 Å². The maximum atomic E-state index is 2.58. The number of hydrogen-bond acceptors (Lipinski definition) is 1. The number of hydrogen-bond donors (Lipinski definition) is 0. The summed E-state index contributed by atoms with van der Waals surface area (Å²) in [5.74, 6) is 2.05. The van der Waals surface area contributed by atoms with Crippen LogP contribution in [0.15, 0.2) is 113 Å². The van der Waals surface area contributed by atoms with Crippen molar-refractivity contribution in [2.24, 2.45) is 17.8 Å². The Hall–Kier alpha value is -3.84. The van der Waals surface area contributed by atoms with E-state index in [1.54, 1.807) is 0 Å². The Bertz CT molecular complexity index is 1660. The van der Waals surface area contributed by atoms with Crippen LogP contribution < -0.4 is 4.90 Å². The quantitative estimate of drug-likeness (QED) is 0.305. The lowest BCUT2D eigenvalue weighted by molar-refractivity contribution is 0.479. The van der Waals surface area contributed by atoms with E-state index in [-0.39, 0.29) is 0 Å². The highest BCUT2D eigenvalue weighted by molar-refractivity contribution is 5.83. The molecule has 0 N–H and O–H groups in total. The average molecular weight is 552 g/mol. The smallest absolute Gasteiger partial charge is 0.0533 e. The SMILES string of the molecule is CC1=C(C)C(C)C(C)C(N(c2ccc(-c3cccc(C4=CCC(C)C=C4)c3)cc2)c2cccc3c2C=CCC3C)=C1C. The summed E-state index contributed by atoms with van der Waals surface area (Å²) < 4.78 is 0. The van der Waals surface area contributed by atoms with Crippen molar-refractivity contribution >= 4 is 23.0 Å². The number of nitrogens with zero attached hydrogens (tertiary/aromatic N) is 1. The van der Waals surface area contributed by atoms with Gasteiger partial charge in [-0.1, -0.05) is 106 Å². The molecule has 3 aliphatic carbocycles. The van der Waals surface area contributed by atoms with Crippen LogP contribution in [0, 0.1) is 17.8 Å². The maximum absolute atomic E-state index is 2.58. The van der Waals surface area contributed by atoms with Crippen LogP contribution >= 0.6 is 0 Å². The number of rotatable bonds is 5. The third kappa shape index (κ3) is 5.04. The molecule has 0 heterocycles. The van der Waals surface area contributed by atoms with Crippen molar-refractivity contribution in [2.75, 3.05) is 4.90 Å². The zero-order valence-corrected chi connectivity index (χ0v) is 26.4. The lowest BCUT2D eigenvalue weighted by Gasteiger charge is -2.41. The van der Waals surface area contributed by atoms with E-state index in [0.717, 1.165) is 12.8 Å². The van der Waals surface area contributed by atoms with Gasteiger partial charge in [0.25, 0.3) is 0 Å². The second-order valence-corrected chi connectivity index (χ2v) is 12.9. The first-order chi connectivity index (χ1) is 20.2. The van der Waals surface area contributed by atoms with Gasteiger partial charge in [-0.05, 0) is 115 Å². The number of allylic oxidation sites excluding steroid dienone is 9. The molecule has 0 spiro atoms. The first kappa shape index (κ1) is 28.3. The molecule has 0 saturated heterocycles. The van der Waals surface area contributed by atoms with Crippen LogP contribution in [0.25, 0.3) is 22.8 Å². The van der Waals surface area contributed by atoms with Gasteiger partial charge in [-0.15, -0.1) is 0 Å². The second-order valence-electron chi connectivity index (χ2n) is 12.9. The topological polar surface area (TPSA) is 3.24 Å². The van der Waals surface area contributed by atoms with Crippen LogP contribution in [0.5, 0.6) is 0 Å². The molecular weight excluding hydrogens is 506 g/mol. The van der Waals surface area contributed by atoms with Gasteiger partial charge >= 0.3 is 0 Å². The zero-order valence-electron chi connectivity index (χ0n) is 26.4. The molecule has 1 heteroatoms. The highest BCUT2D eigenvalue weighted by Gasteiger charge is 2.33. The lowest BCUT2D eigenvalue weighted by Crippen LogP contribution is -2.30. The molecule has 3 aliphatic rings. The molecule has 4 atom stereocenters. The molecule has 3 aromatic carbocycles. The molecule has 0 bridgehead atoms. The van der Waals surface area contributed by atoms with Crippen LogP contribution in [0.4, 0.5) is 11.4 Å². The predicted octanol–water partition coefficient (Wildman–Crippen LogP) is 11.9. The third-order valence-electron chi connectivity index (χ3n) is 10.3. The molecule has 0 aromatic heterocycles. The van der Waals surface area contributed by atoms with Gasteiger partial charge in [0.15, 0.2) is 0 Å². The molecule has 214 valence electrons. The van der Waals surface area contributed by atoms with E-state index in [1.165, 1.54) is 67.2 Å². The van der Waals surface area contributed by atoms with E-state index < -0.39 is 0 Å². The molecule has 3 aromatic rings. The minimum atomic E-state index is 0.408. The maximum Gasteiger partial charge on any atom is 0.0533 e. The first-order valence-electron chi connectivity index (χ1n) is 15.8. The second kappa shape index (κ2) is 11.4. The van der Waals surface area contributed by atoms with Crippen molar-refractivity contribution < 1.29 is 0 Å². The first-order valence-corrected chi connectivity index (χ1v) is 15.8. The summed E-state index contributed by atoms with van der Waals surface area (Å²) in [7, 11) is 0. The van der Waals surface area contributed by atoms with Crippen LogP contribution in [-0.4, -0.2) is 0 Å². The minimum absolute atomic E-state index is 0.408. The fourth-order valence-electron chi connectivity index (χ4n) is 7.08. The van der Waals surface area contributed by atoms with Gasteiger partial charge in [-0.2, -0.15) is 0 Å². The molecule has 6 rings (SSSR count). The molecule has 0 saturated carbocycles. The van der Waals surface area contributed by atoms with Crippen molar-refractivity contribution in [2.45, 2.75) is 67.2 Å². The van der Waals surface area contributed by atoms with Crippen molar-refractivity contribution in [1.82, 2.24) is 0 Å². The summed E-state index contributed by atoms with van der Waals surface area (Å²) in [4.78, 5) is 2.58. The van der Waals surface area contributed by atoms with Crippen LogP contribution in [0.3, 0.4) is 0 Å². The highest BCUT2D eigenvalue weighted by Crippen LogP contribution is 2.47. The van der Waals surface area contributed by atoms with Crippen molar-refractivity contribution in [3.05, 3.63) is 130 Å². The van der Waals surface area contributed by atoms with Gasteiger partial charge in [-0.25, -0.2) is 0 Å². The van der Waals surface area contributed by atoms with Gasteiger partial charge in [0.1, 0.15) is 0 Å². The van der Waals surface area contributed by atoms with Gasteiger partial charge in [0.05, 0.1) is 5.69 Å². The summed E-state index contributed by atoms with van der Waals surface area (Å²) >= 11 is 0. The standard InChI is InChI=1S/C41H45N/c1-26-17-19-33(20-18-26)35-12-9-13-36(25-35)34-21-23-37(24-22-34)42(41-31(6)29(4)28(3)30(5)32(41)7)40-16-10-14-38-27(2)11-8-15-39(38)40/h8-10,12-17,19-27,29,31H,11,18H2,1-7H3. The Morgan fingerprint density at radius 2 is 1.43 bits per heavy atom. The zero-order chi connectivity index (χ0) is 29.5. The van der Waals surface area contributed by atoms with Gasteiger partial charge in [0, 0.05) is 22.9 Å². The van der Waals surface area contributed by atoms with Crippen LogP contribution in [0.2, 0.25) is 0 Å². The molecule has 0 aliphatic heterocycles. The largest absolute Gasteiger partial charge is 0.313 e. The van der Waals surface area contributed by atoms with E-state index in [1.807, 2.05) is 0 Å². The summed E-state index contributed by atoms with van der Waals surface area (Å²) in [6, 6.07) is 25.2. The molecule has 0 amide bonds. The summed E-state index contributed by atoms with van der Waals surface area (Å²) in [6.45, 7) is 16.4. The van der Waals surface area contributed by atoms with E-state index in [9.17, 15) is 0 Å². The molecule has 42 heavy (non-hydrogen) atoms.